The molecule has 0 aromatic carbocycles. The average Bonchev–Trinajstić information content (AvgIpc) is 2.96. The molecule has 0 spiro atoms. The highest BCUT2D eigenvalue weighted by Crippen LogP contribution is 2.33. The van der Waals surface area contributed by atoms with Crippen LogP contribution in [0.5, 0.6) is 0 Å². The van der Waals surface area contributed by atoms with Gasteiger partial charge in [0.25, 0.3) is 0 Å². The number of aryl methyl sites for hydroxylation is 1. The zero-order chi connectivity index (χ0) is 10.8. The zero-order valence-corrected chi connectivity index (χ0v) is 9.02. The summed E-state index contributed by atoms with van der Waals surface area (Å²) in [5.41, 5.74) is 6.62. The third kappa shape index (κ3) is 2.26. The van der Waals surface area contributed by atoms with Gasteiger partial charge in [0.1, 0.15) is 5.69 Å². The Bertz CT molecular complexity index is 354. The summed E-state index contributed by atoms with van der Waals surface area (Å²) in [4.78, 5) is 11.9. The first-order valence-electron chi connectivity index (χ1n) is 5.53. The molecule has 1 saturated carbocycles. The van der Waals surface area contributed by atoms with Gasteiger partial charge in [-0.15, -0.1) is 0 Å². The van der Waals surface area contributed by atoms with Crippen molar-refractivity contribution in [2.75, 3.05) is 0 Å². The van der Waals surface area contributed by atoms with Gasteiger partial charge < -0.3 is 5.73 Å². The molecular formula is C11H17N3O. The Morgan fingerprint density at radius 3 is 3.07 bits per heavy atom. The van der Waals surface area contributed by atoms with Crippen molar-refractivity contribution in [3.05, 3.63) is 18.0 Å². The van der Waals surface area contributed by atoms with Gasteiger partial charge >= 0.3 is 0 Å². The molecule has 0 aliphatic heterocycles. The maximum atomic E-state index is 11.9. The van der Waals surface area contributed by atoms with E-state index in [0.29, 0.717) is 18.0 Å². The minimum absolute atomic E-state index is 0.0395. The number of nitrogens with two attached hydrogens (primary N) is 1. The van der Waals surface area contributed by atoms with E-state index in [9.17, 15) is 4.79 Å². The predicted octanol–water partition coefficient (Wildman–Crippen LogP) is 1.21. The molecule has 1 unspecified atom stereocenters. The van der Waals surface area contributed by atoms with Crippen LogP contribution in [0.2, 0.25) is 0 Å². The van der Waals surface area contributed by atoms with Crippen molar-refractivity contribution in [2.24, 2.45) is 11.7 Å². The van der Waals surface area contributed by atoms with E-state index in [0.717, 1.165) is 6.54 Å². The van der Waals surface area contributed by atoms with Crippen LogP contribution in [0.25, 0.3) is 0 Å². The van der Waals surface area contributed by atoms with Crippen LogP contribution in [0.4, 0.5) is 0 Å². The lowest BCUT2D eigenvalue weighted by atomic mass is 10.1. The van der Waals surface area contributed by atoms with E-state index in [4.69, 9.17) is 5.73 Å². The number of ketones is 1. The Labute approximate surface area is 89.5 Å². The van der Waals surface area contributed by atoms with Crippen LogP contribution in [-0.4, -0.2) is 21.6 Å². The highest BCUT2D eigenvalue weighted by molar-refractivity contribution is 5.94. The van der Waals surface area contributed by atoms with E-state index >= 15 is 0 Å². The first kappa shape index (κ1) is 10.4. The topological polar surface area (TPSA) is 60.9 Å². The van der Waals surface area contributed by atoms with Gasteiger partial charge in [0.05, 0.1) is 0 Å². The van der Waals surface area contributed by atoms with Gasteiger partial charge in [0.2, 0.25) is 0 Å². The third-order valence-corrected chi connectivity index (χ3v) is 2.95. The van der Waals surface area contributed by atoms with E-state index in [1.54, 1.807) is 16.9 Å². The molecule has 1 heterocycles. The second-order valence-electron chi connectivity index (χ2n) is 4.16. The van der Waals surface area contributed by atoms with E-state index in [-0.39, 0.29) is 11.8 Å². The summed E-state index contributed by atoms with van der Waals surface area (Å²) in [6, 6.07) is 1.81. The Morgan fingerprint density at radius 2 is 2.47 bits per heavy atom. The monoisotopic (exact) mass is 207 g/mol. The minimum Gasteiger partial charge on any atom is -0.327 e. The van der Waals surface area contributed by atoms with Crippen molar-refractivity contribution >= 4 is 5.78 Å². The molecule has 1 fully saturated rings. The molecule has 2 N–H and O–H groups in total. The zero-order valence-electron chi connectivity index (χ0n) is 9.02. The number of nitrogens with zero attached hydrogens (tertiary/aromatic N) is 2. The van der Waals surface area contributed by atoms with Gasteiger partial charge in [-0.05, 0) is 31.7 Å². The Balaban J connectivity index is 2.00. The summed E-state index contributed by atoms with van der Waals surface area (Å²) < 4.78 is 1.72. The Hall–Kier alpha value is -1.16. The van der Waals surface area contributed by atoms with Crippen LogP contribution in [0.3, 0.4) is 0 Å². The summed E-state index contributed by atoms with van der Waals surface area (Å²) >= 11 is 0. The van der Waals surface area contributed by atoms with Crippen molar-refractivity contribution in [3.8, 4) is 0 Å². The summed E-state index contributed by atoms with van der Waals surface area (Å²) in [5.74, 6) is 0.695. The minimum atomic E-state index is 0.0395. The first-order valence-corrected chi connectivity index (χ1v) is 5.53. The van der Waals surface area contributed by atoms with E-state index in [2.05, 4.69) is 5.10 Å². The maximum Gasteiger partial charge on any atom is 0.182 e. The molecule has 82 valence electrons. The van der Waals surface area contributed by atoms with Gasteiger partial charge in [0, 0.05) is 25.2 Å². The summed E-state index contributed by atoms with van der Waals surface area (Å²) in [5, 5.41) is 4.08. The summed E-state index contributed by atoms with van der Waals surface area (Å²) in [6.07, 6.45) is 4.48. The number of aromatic nitrogens is 2. The molecule has 2 rings (SSSR count). The molecule has 1 aromatic rings. The van der Waals surface area contributed by atoms with Crippen molar-refractivity contribution in [3.63, 3.8) is 0 Å². The fraction of sp³-hybridized carbons (Fsp3) is 0.636. The molecule has 1 aromatic heterocycles. The smallest absolute Gasteiger partial charge is 0.182 e. The van der Waals surface area contributed by atoms with Gasteiger partial charge in [-0.25, -0.2) is 0 Å². The highest BCUT2D eigenvalue weighted by atomic mass is 16.1. The molecule has 0 amide bonds. The largest absolute Gasteiger partial charge is 0.327 e. The average molecular weight is 207 g/mol. The molecule has 15 heavy (non-hydrogen) atoms. The van der Waals surface area contributed by atoms with E-state index in [1.807, 2.05) is 6.92 Å². The molecule has 1 atom stereocenters. The van der Waals surface area contributed by atoms with Crippen LogP contribution in [0, 0.1) is 5.92 Å². The number of carbonyl (C=O) groups excluding carboxylic acids is 1. The van der Waals surface area contributed by atoms with Crippen LogP contribution >= 0.6 is 0 Å². The van der Waals surface area contributed by atoms with Crippen LogP contribution in [0.1, 0.15) is 36.7 Å². The van der Waals surface area contributed by atoms with Gasteiger partial charge in [-0.2, -0.15) is 5.10 Å². The quantitative estimate of drug-likeness (QED) is 0.738. The standard InChI is InChI=1S/C11H17N3O/c1-2-14-10(5-6-13-14)11(15)7-9(12)8-3-4-8/h5-6,8-9H,2-4,7,12H2,1H3. The number of Topliss-reactive ketones (excluding diaryl/α,β-unsaturated/α-hetero) is 1. The number of carbonyl (C=O) groups is 1. The molecule has 4 nitrogen and oxygen atoms in total. The number of rotatable bonds is 5. The number of hydrogen-bond donors (Lipinski definition) is 1. The van der Waals surface area contributed by atoms with E-state index in [1.165, 1.54) is 12.8 Å². The molecule has 1 aliphatic rings. The maximum absolute atomic E-state index is 11.9. The molecule has 0 bridgehead atoms. The normalized spacial score (nSPS) is 17.7. The fourth-order valence-corrected chi connectivity index (χ4v) is 1.83. The van der Waals surface area contributed by atoms with Crippen molar-refractivity contribution in [2.45, 2.75) is 38.8 Å². The second-order valence-corrected chi connectivity index (χ2v) is 4.16. The highest BCUT2D eigenvalue weighted by Gasteiger charge is 2.30. The molecular weight excluding hydrogens is 190 g/mol. The Kier molecular flexibility index (Phi) is 2.86. The second kappa shape index (κ2) is 4.14. The lowest BCUT2D eigenvalue weighted by molar-refractivity contribution is 0.0961. The molecule has 0 saturated heterocycles. The van der Waals surface area contributed by atoms with Crippen molar-refractivity contribution in [1.29, 1.82) is 0 Å². The predicted molar refractivity (Wildman–Crippen MR) is 57.5 cm³/mol. The lowest BCUT2D eigenvalue weighted by Crippen LogP contribution is -2.27. The van der Waals surface area contributed by atoms with Crippen molar-refractivity contribution < 1.29 is 4.79 Å². The molecule has 1 aliphatic carbocycles. The first-order chi connectivity index (χ1) is 7.22. The van der Waals surface area contributed by atoms with Crippen molar-refractivity contribution in [1.82, 2.24) is 9.78 Å². The lowest BCUT2D eigenvalue weighted by Gasteiger charge is -2.09. The van der Waals surface area contributed by atoms with Crippen LogP contribution in [0.15, 0.2) is 12.3 Å². The van der Waals surface area contributed by atoms with Gasteiger partial charge in [-0.1, -0.05) is 0 Å². The van der Waals surface area contributed by atoms with Crippen LogP contribution < -0.4 is 5.73 Å². The summed E-state index contributed by atoms with van der Waals surface area (Å²) in [6.45, 7) is 2.71. The van der Waals surface area contributed by atoms with Gasteiger partial charge in [0.15, 0.2) is 5.78 Å². The van der Waals surface area contributed by atoms with E-state index < -0.39 is 0 Å². The summed E-state index contributed by atoms with van der Waals surface area (Å²) in [7, 11) is 0. The molecule has 0 radical (unpaired) electrons. The number of hydrogen-bond acceptors (Lipinski definition) is 3. The van der Waals surface area contributed by atoms with Crippen LogP contribution in [-0.2, 0) is 6.54 Å². The fourth-order valence-electron chi connectivity index (χ4n) is 1.83. The SMILES string of the molecule is CCn1nccc1C(=O)CC(N)C1CC1. The Morgan fingerprint density at radius 1 is 1.73 bits per heavy atom. The van der Waals surface area contributed by atoms with Gasteiger partial charge in [-0.3, -0.25) is 9.48 Å². The third-order valence-electron chi connectivity index (χ3n) is 2.95. The molecule has 4 heteroatoms.